The van der Waals surface area contributed by atoms with Crippen LogP contribution in [-0.4, -0.2) is 22.5 Å². The maximum absolute atomic E-state index is 10.5. The largest absolute Gasteiger partial charge is 0.324 e. The maximum Gasteiger partial charge on any atom is 0.324 e. The van der Waals surface area contributed by atoms with Crippen molar-refractivity contribution in [3.63, 3.8) is 0 Å². The molecule has 0 saturated carbocycles. The lowest BCUT2D eigenvalue weighted by atomic mass is 10.1. The van der Waals surface area contributed by atoms with Gasteiger partial charge in [-0.15, -0.1) is 0 Å². The van der Waals surface area contributed by atoms with Crippen molar-refractivity contribution in [3.8, 4) is 0 Å². The molecule has 1 saturated heterocycles. The number of thioether (sulfide) groups is 1. The summed E-state index contributed by atoms with van der Waals surface area (Å²) in [7, 11) is 0. The molecule has 1 aliphatic rings. The van der Waals surface area contributed by atoms with Crippen LogP contribution in [0, 0.1) is 10.1 Å². The second-order valence-electron chi connectivity index (χ2n) is 3.82. The Kier molecular flexibility index (Phi) is 4.20. The van der Waals surface area contributed by atoms with Gasteiger partial charge in [-0.1, -0.05) is 11.3 Å². The third kappa shape index (κ3) is 3.20. The molecule has 0 radical (unpaired) electrons. The maximum atomic E-state index is 10.5. The molecule has 88 valence electrons. The average Bonchev–Trinajstić information content (AvgIpc) is 2.76. The molecule has 2 heterocycles. The zero-order valence-electron chi connectivity index (χ0n) is 8.85. The second kappa shape index (κ2) is 5.65. The van der Waals surface area contributed by atoms with Crippen molar-refractivity contribution >= 4 is 28.1 Å². The highest BCUT2D eigenvalue weighted by molar-refractivity contribution is 7.99. The van der Waals surface area contributed by atoms with E-state index in [1.807, 2.05) is 17.1 Å². The summed E-state index contributed by atoms with van der Waals surface area (Å²) < 4.78 is 0. The molecule has 0 unspecified atom stereocenters. The standard InChI is InChI=1S/C10H14N2O2S2/c13-12(14)10-5-8(7-16-10)6-11-9-1-3-15-4-2-9/h5,7,9,11H,1-4,6H2. The Morgan fingerprint density at radius 3 is 2.88 bits per heavy atom. The summed E-state index contributed by atoms with van der Waals surface area (Å²) in [6, 6.07) is 2.25. The first-order valence-corrected chi connectivity index (χ1v) is 7.32. The van der Waals surface area contributed by atoms with E-state index in [4.69, 9.17) is 0 Å². The number of nitro groups is 1. The van der Waals surface area contributed by atoms with Crippen LogP contribution in [-0.2, 0) is 6.54 Å². The molecule has 4 nitrogen and oxygen atoms in total. The first-order chi connectivity index (χ1) is 7.75. The molecule has 1 aliphatic heterocycles. The summed E-state index contributed by atoms with van der Waals surface area (Å²) in [5.41, 5.74) is 1.02. The minimum absolute atomic E-state index is 0.232. The van der Waals surface area contributed by atoms with E-state index in [0.717, 1.165) is 12.1 Å². The Bertz CT molecular complexity index is 361. The molecule has 16 heavy (non-hydrogen) atoms. The van der Waals surface area contributed by atoms with Crippen LogP contribution < -0.4 is 5.32 Å². The molecule has 0 spiro atoms. The van der Waals surface area contributed by atoms with Crippen molar-refractivity contribution in [2.75, 3.05) is 11.5 Å². The first kappa shape index (κ1) is 11.9. The molecule has 1 aromatic heterocycles. The number of rotatable bonds is 4. The third-order valence-corrected chi connectivity index (χ3v) is 4.61. The first-order valence-electron chi connectivity index (χ1n) is 5.28. The lowest BCUT2D eigenvalue weighted by Gasteiger charge is -2.22. The predicted octanol–water partition coefficient (Wildman–Crippen LogP) is 2.64. The summed E-state index contributed by atoms with van der Waals surface area (Å²) in [5.74, 6) is 2.45. The zero-order chi connectivity index (χ0) is 11.4. The molecule has 0 aliphatic carbocycles. The van der Waals surface area contributed by atoms with Gasteiger partial charge in [0.15, 0.2) is 0 Å². The van der Waals surface area contributed by atoms with Gasteiger partial charge in [-0.25, -0.2) is 0 Å². The van der Waals surface area contributed by atoms with Gasteiger partial charge in [0.05, 0.1) is 4.92 Å². The van der Waals surface area contributed by atoms with Crippen molar-refractivity contribution in [1.82, 2.24) is 5.32 Å². The van der Waals surface area contributed by atoms with E-state index in [0.29, 0.717) is 6.04 Å². The number of hydrogen-bond donors (Lipinski definition) is 1. The second-order valence-corrected chi connectivity index (χ2v) is 5.93. The van der Waals surface area contributed by atoms with Crippen LogP contribution in [0.15, 0.2) is 11.4 Å². The molecule has 0 bridgehead atoms. The lowest BCUT2D eigenvalue weighted by Crippen LogP contribution is -2.31. The molecule has 1 N–H and O–H groups in total. The van der Waals surface area contributed by atoms with Crippen LogP contribution in [0.3, 0.4) is 0 Å². The number of nitrogens with zero attached hydrogens (tertiary/aromatic N) is 1. The smallest absolute Gasteiger partial charge is 0.310 e. The Labute approximate surface area is 103 Å². The predicted molar refractivity (Wildman–Crippen MR) is 68.2 cm³/mol. The molecule has 0 aromatic carbocycles. The molecule has 2 rings (SSSR count). The molecule has 1 fully saturated rings. The van der Waals surface area contributed by atoms with Crippen LogP contribution in [0.2, 0.25) is 0 Å². The van der Waals surface area contributed by atoms with Crippen molar-refractivity contribution in [3.05, 3.63) is 27.1 Å². The van der Waals surface area contributed by atoms with Crippen molar-refractivity contribution in [2.45, 2.75) is 25.4 Å². The average molecular weight is 258 g/mol. The fraction of sp³-hybridized carbons (Fsp3) is 0.600. The van der Waals surface area contributed by atoms with Gasteiger partial charge in [-0.2, -0.15) is 11.8 Å². The normalized spacial score (nSPS) is 17.5. The highest BCUT2D eigenvalue weighted by Gasteiger charge is 2.14. The van der Waals surface area contributed by atoms with E-state index in [9.17, 15) is 10.1 Å². The number of thiophene rings is 1. The van der Waals surface area contributed by atoms with E-state index in [1.54, 1.807) is 6.07 Å². The molecular formula is C10H14N2O2S2. The van der Waals surface area contributed by atoms with Crippen LogP contribution in [0.25, 0.3) is 0 Å². The topological polar surface area (TPSA) is 55.2 Å². The van der Waals surface area contributed by atoms with Crippen molar-refractivity contribution in [2.24, 2.45) is 0 Å². The van der Waals surface area contributed by atoms with Gasteiger partial charge >= 0.3 is 5.00 Å². The molecule has 6 heteroatoms. The Morgan fingerprint density at radius 1 is 1.50 bits per heavy atom. The summed E-state index contributed by atoms with van der Waals surface area (Å²) >= 11 is 3.20. The Hall–Kier alpha value is -0.590. The van der Waals surface area contributed by atoms with E-state index in [2.05, 4.69) is 5.32 Å². The van der Waals surface area contributed by atoms with Gasteiger partial charge < -0.3 is 5.32 Å². The van der Waals surface area contributed by atoms with E-state index >= 15 is 0 Å². The minimum atomic E-state index is -0.328. The van der Waals surface area contributed by atoms with E-state index in [1.165, 1.54) is 35.7 Å². The molecule has 0 amide bonds. The summed E-state index contributed by atoms with van der Waals surface area (Å²) in [6.45, 7) is 0.750. The van der Waals surface area contributed by atoms with Crippen LogP contribution >= 0.6 is 23.1 Å². The van der Waals surface area contributed by atoms with Gasteiger partial charge in [-0.3, -0.25) is 10.1 Å². The third-order valence-electron chi connectivity index (χ3n) is 2.64. The Balaban J connectivity index is 1.81. The lowest BCUT2D eigenvalue weighted by molar-refractivity contribution is -0.380. The summed E-state index contributed by atoms with van der Waals surface area (Å²) in [6.07, 6.45) is 2.41. The quantitative estimate of drug-likeness (QED) is 0.666. The zero-order valence-corrected chi connectivity index (χ0v) is 10.5. The molecule has 1 aromatic rings. The van der Waals surface area contributed by atoms with Crippen molar-refractivity contribution < 1.29 is 4.92 Å². The monoisotopic (exact) mass is 258 g/mol. The van der Waals surface area contributed by atoms with Crippen LogP contribution in [0.4, 0.5) is 5.00 Å². The van der Waals surface area contributed by atoms with Gasteiger partial charge in [0, 0.05) is 24.0 Å². The van der Waals surface area contributed by atoms with E-state index in [-0.39, 0.29) is 9.92 Å². The van der Waals surface area contributed by atoms with E-state index < -0.39 is 0 Å². The van der Waals surface area contributed by atoms with Gasteiger partial charge in [0.25, 0.3) is 0 Å². The SMILES string of the molecule is O=[N+]([O-])c1cc(CNC2CCSCC2)cs1. The molecular weight excluding hydrogens is 244 g/mol. The Morgan fingerprint density at radius 2 is 2.25 bits per heavy atom. The molecule has 0 atom stereocenters. The minimum Gasteiger partial charge on any atom is -0.310 e. The fourth-order valence-corrected chi connectivity index (χ4v) is 3.55. The van der Waals surface area contributed by atoms with Gasteiger partial charge in [-0.05, 0) is 29.9 Å². The van der Waals surface area contributed by atoms with Gasteiger partial charge in [0.1, 0.15) is 0 Å². The highest BCUT2D eigenvalue weighted by Crippen LogP contribution is 2.23. The highest BCUT2D eigenvalue weighted by atomic mass is 32.2. The van der Waals surface area contributed by atoms with Crippen molar-refractivity contribution in [1.29, 1.82) is 0 Å². The van der Waals surface area contributed by atoms with Crippen LogP contribution in [0.1, 0.15) is 18.4 Å². The summed E-state index contributed by atoms with van der Waals surface area (Å²) in [5, 5.41) is 16.1. The summed E-state index contributed by atoms with van der Waals surface area (Å²) in [4.78, 5) is 10.2. The number of nitrogens with one attached hydrogen (secondary N) is 1. The van der Waals surface area contributed by atoms with Crippen LogP contribution in [0.5, 0.6) is 0 Å². The number of hydrogen-bond acceptors (Lipinski definition) is 5. The van der Waals surface area contributed by atoms with Gasteiger partial charge in [0.2, 0.25) is 0 Å². The fourth-order valence-electron chi connectivity index (χ4n) is 1.72.